The second-order valence-electron chi connectivity index (χ2n) is 16.0. The Balaban J connectivity index is 0.000000346. The fourth-order valence-electron chi connectivity index (χ4n) is 7.30. The summed E-state index contributed by atoms with van der Waals surface area (Å²) in [4.78, 5) is 83.5. The van der Waals surface area contributed by atoms with E-state index in [0.717, 1.165) is 53.8 Å². The number of esters is 2. The summed E-state index contributed by atoms with van der Waals surface area (Å²) < 4.78 is 40.3. The van der Waals surface area contributed by atoms with Crippen molar-refractivity contribution < 1.29 is 162 Å². The van der Waals surface area contributed by atoms with E-state index in [1.165, 1.54) is 34.8 Å². The number of rotatable bonds is 19. The molecular weight excluding hydrogens is 1140 g/mol. The van der Waals surface area contributed by atoms with Crippen molar-refractivity contribution in [2.75, 3.05) is 19.8 Å². The molecule has 6 heterocycles. The maximum absolute atomic E-state index is 13.8. The number of pyridine rings is 2. The van der Waals surface area contributed by atoms with Crippen molar-refractivity contribution in [1.82, 2.24) is 29.1 Å². The number of nitro benzene ring substituents is 2. The number of thiophene rings is 2. The van der Waals surface area contributed by atoms with Gasteiger partial charge in [-0.1, -0.05) is 43.7 Å². The van der Waals surface area contributed by atoms with E-state index in [4.69, 9.17) is 29.0 Å². The predicted molar refractivity (Wildman–Crippen MR) is 284 cm³/mol. The van der Waals surface area contributed by atoms with Crippen molar-refractivity contribution >= 4 is 72.9 Å². The molecule has 0 aliphatic rings. The van der Waals surface area contributed by atoms with Gasteiger partial charge in [0.05, 0.1) is 81.3 Å². The molecule has 9 rings (SSSR count). The van der Waals surface area contributed by atoms with Crippen LogP contribution in [0, 0.1) is 26.0 Å². The van der Waals surface area contributed by atoms with Gasteiger partial charge in [0.15, 0.2) is 0 Å². The topological polar surface area (TPSA) is 297 Å². The number of nitrogens with zero attached hydrogens (tertiary/aromatic N) is 7. The molecule has 0 bridgehead atoms. The summed E-state index contributed by atoms with van der Waals surface area (Å²) in [6.45, 7) is 6.69. The Labute approximate surface area is 548 Å². The molecule has 9 aromatic rings. The Morgan fingerprint density at radius 2 is 1.24 bits per heavy atom. The SMILES string of the molecule is CCCCOc1c(C(=O)OCC)c2sccc2n(Cc2cn[nH]c2)c1=O.CCOC(=O)c1c(OCc2ccccc2)c(=O)n(Cc2cnn(-c3ccc([N+](=O)[O-])cc3)c2)c2ccsc12.O=CO[O-].O=[N+]([O-])c1ccc(F)cc1.[H-].[K+].[K+]. The molecule has 0 aliphatic heterocycles. The standard InChI is InChI=1S/C27H22N4O6S.C18H21N3O4S.C6H4FNO2.CH2O3.2K.H/c1-2-36-27(33)23-24(37-17-18-6-4-3-5-7-18)26(32)29(22-12-13-38-25(22)23)15-19-14-28-30(16-19)20-8-10-21(11-9-20)31(34)35;1-3-5-7-25-15-14(18(23)24-4-2)16-13(6-8-26-16)21(17(15)22)11-12-9-19-20-10-12;7-5-1-3-6(4-2-5)8(9)10;2-1-4-3;;;/h3-14,16H,2,15,17H2,1H3;6,8-10H,3-5,7,11H2,1-2H3,(H,19,20);1-4H;1,3H;;;/q;;;;2*+1;-1/p-1. The number of H-pyrrole nitrogens is 1. The van der Waals surface area contributed by atoms with E-state index >= 15 is 0 Å². The van der Waals surface area contributed by atoms with Crippen LogP contribution in [0.1, 0.15) is 72.4 Å². The van der Waals surface area contributed by atoms with E-state index in [1.807, 2.05) is 54.1 Å². The van der Waals surface area contributed by atoms with Gasteiger partial charge in [-0.25, -0.2) is 18.7 Å². The average molecular weight is 1190 g/mol. The Bertz CT molecular complexity index is 3600. The summed E-state index contributed by atoms with van der Waals surface area (Å²) in [6.07, 6.45) is 8.50. The van der Waals surface area contributed by atoms with Crippen LogP contribution in [-0.2, 0) is 38.9 Å². The number of ether oxygens (including phenoxy) is 4. The summed E-state index contributed by atoms with van der Waals surface area (Å²) >= 11 is 2.72. The summed E-state index contributed by atoms with van der Waals surface area (Å²) in [5.74, 6) is -1.61. The first-order valence-corrected chi connectivity index (χ1v) is 25.3. The average Bonchev–Trinajstić information content (AvgIpc) is 4.46. The zero-order valence-corrected chi connectivity index (χ0v) is 51.7. The normalized spacial score (nSPS) is 10.2. The van der Waals surface area contributed by atoms with E-state index in [-0.39, 0.29) is 177 Å². The second kappa shape index (κ2) is 33.6. The van der Waals surface area contributed by atoms with Gasteiger partial charge in [-0.2, -0.15) is 10.2 Å². The van der Waals surface area contributed by atoms with Crippen LogP contribution >= 0.6 is 22.7 Å². The van der Waals surface area contributed by atoms with Crippen LogP contribution in [0.2, 0.25) is 0 Å². The van der Waals surface area contributed by atoms with Gasteiger partial charge >= 0.3 is 115 Å². The first kappa shape index (κ1) is 66.4. The molecule has 0 atom stereocenters. The van der Waals surface area contributed by atoms with Crippen LogP contribution in [0.15, 0.2) is 136 Å². The first-order valence-electron chi connectivity index (χ1n) is 23.5. The number of nitro groups is 2. The number of carbonyl (C=O) groups is 3. The maximum atomic E-state index is 13.8. The summed E-state index contributed by atoms with van der Waals surface area (Å²) in [6, 6.07) is 23.3. The van der Waals surface area contributed by atoms with Crippen molar-refractivity contribution in [3.05, 3.63) is 201 Å². The third-order valence-corrected chi connectivity index (χ3v) is 12.7. The second-order valence-corrected chi connectivity index (χ2v) is 17.8. The molecule has 408 valence electrons. The van der Waals surface area contributed by atoms with Crippen LogP contribution < -0.4 is 129 Å². The maximum Gasteiger partial charge on any atom is 1.00 e. The van der Waals surface area contributed by atoms with Crippen molar-refractivity contribution in [3.63, 3.8) is 0 Å². The quantitative estimate of drug-likeness (QED) is 0.0231. The van der Waals surface area contributed by atoms with Gasteiger partial charge in [0, 0.05) is 47.8 Å². The minimum absolute atomic E-state index is 0. The number of hydrogen-bond donors (Lipinski definition) is 1. The largest absolute Gasteiger partial charge is 1.00 e. The van der Waals surface area contributed by atoms with Crippen LogP contribution in [0.4, 0.5) is 15.8 Å². The number of carbonyl (C=O) groups excluding carboxylic acids is 3. The number of aromatic nitrogens is 6. The zero-order chi connectivity index (χ0) is 56.1. The summed E-state index contributed by atoms with van der Waals surface area (Å²) in [5.41, 5.74) is 3.78. The molecule has 1 N–H and O–H groups in total. The van der Waals surface area contributed by atoms with Crippen molar-refractivity contribution in [2.24, 2.45) is 0 Å². The first-order chi connectivity index (χ1) is 37.7. The molecule has 3 aromatic carbocycles. The molecule has 23 nitrogen and oxygen atoms in total. The molecule has 0 spiro atoms. The number of hydrogen-bond acceptors (Lipinski definition) is 19. The van der Waals surface area contributed by atoms with Gasteiger partial charge in [0.1, 0.15) is 23.6 Å². The van der Waals surface area contributed by atoms with Gasteiger partial charge in [0.25, 0.3) is 29.0 Å². The van der Waals surface area contributed by atoms with Crippen molar-refractivity contribution in [2.45, 2.75) is 53.3 Å². The summed E-state index contributed by atoms with van der Waals surface area (Å²) in [7, 11) is 0. The fourth-order valence-corrected chi connectivity index (χ4v) is 9.15. The Hall–Kier alpha value is -6.13. The Morgan fingerprint density at radius 3 is 1.71 bits per heavy atom. The molecule has 0 saturated heterocycles. The number of unbranched alkanes of at least 4 members (excludes halogenated alkanes) is 1. The predicted octanol–water partition coefficient (Wildman–Crippen LogP) is 2.44. The minimum Gasteiger partial charge on any atom is -1.00 e. The Kier molecular flexibility index (Phi) is 27.9. The molecule has 0 unspecified atom stereocenters. The number of non-ortho nitro benzene ring substituents is 2. The van der Waals surface area contributed by atoms with E-state index in [1.54, 1.807) is 70.6 Å². The van der Waals surface area contributed by atoms with Gasteiger partial charge in [-0.05, 0) is 73.0 Å². The number of halogens is 1. The number of fused-ring (bicyclic) bond motifs is 2. The molecule has 0 radical (unpaired) electrons. The number of nitrogens with one attached hydrogen (secondary N) is 1. The third kappa shape index (κ3) is 17.7. The molecular formula is C52H49FK2N8O15S2. The zero-order valence-electron chi connectivity index (χ0n) is 44.8. The van der Waals surface area contributed by atoms with E-state index < -0.39 is 33.2 Å². The summed E-state index contributed by atoms with van der Waals surface area (Å²) in [5, 5.41) is 44.1. The number of aromatic amines is 1. The van der Waals surface area contributed by atoms with Crippen molar-refractivity contribution in [1.29, 1.82) is 0 Å². The monoisotopic (exact) mass is 1190 g/mol. The van der Waals surface area contributed by atoms with Crippen molar-refractivity contribution in [3.8, 4) is 17.2 Å². The molecule has 0 aliphatic carbocycles. The van der Waals surface area contributed by atoms with Gasteiger partial charge in [-0.15, -0.1) is 22.7 Å². The number of benzene rings is 3. The van der Waals surface area contributed by atoms with Crippen LogP contribution in [-0.4, -0.2) is 77.2 Å². The smallest absolute Gasteiger partial charge is 1.00 e. The fraction of sp³-hybridized carbons (Fsp3) is 0.212. The van der Waals surface area contributed by atoms with Gasteiger partial charge in [0.2, 0.25) is 11.5 Å². The molecule has 6 aromatic heterocycles. The van der Waals surface area contributed by atoms with Gasteiger partial charge < -0.3 is 30.5 Å². The molecule has 28 heteroatoms. The molecule has 0 amide bonds. The Morgan fingerprint density at radius 1 is 0.725 bits per heavy atom. The molecule has 0 saturated carbocycles. The minimum atomic E-state index is -0.613. The van der Waals surface area contributed by atoms with Crippen LogP contribution in [0.3, 0.4) is 0 Å². The van der Waals surface area contributed by atoms with Crippen LogP contribution in [0.25, 0.3) is 26.1 Å². The van der Waals surface area contributed by atoms with Crippen LogP contribution in [0.5, 0.6) is 11.5 Å². The molecule has 0 fully saturated rings. The van der Waals surface area contributed by atoms with E-state index in [2.05, 4.69) is 20.2 Å². The van der Waals surface area contributed by atoms with E-state index in [0.29, 0.717) is 39.3 Å². The van der Waals surface area contributed by atoms with Gasteiger partial charge in [-0.3, -0.25) is 48.8 Å². The third-order valence-electron chi connectivity index (χ3n) is 10.9. The molecule has 80 heavy (non-hydrogen) atoms. The van der Waals surface area contributed by atoms with E-state index in [9.17, 15) is 43.8 Å².